The molecule has 0 saturated heterocycles. The van der Waals surface area contributed by atoms with Crippen molar-refractivity contribution in [1.82, 2.24) is 20.0 Å². The number of benzene rings is 1. The SMILES string of the molecule is CCCOC(=O)c1ccc(NC(=O)c2cc(-c3c(C)nn(C)c3C)n[nH]2)cc1. The van der Waals surface area contributed by atoms with Gasteiger partial charge >= 0.3 is 5.97 Å². The fraction of sp³-hybridized carbons (Fsp3) is 0.300. The van der Waals surface area contributed by atoms with Gasteiger partial charge in [0.1, 0.15) is 5.69 Å². The van der Waals surface area contributed by atoms with E-state index in [0.717, 1.165) is 23.4 Å². The second kappa shape index (κ2) is 8.08. The van der Waals surface area contributed by atoms with Gasteiger partial charge in [0.2, 0.25) is 0 Å². The lowest BCUT2D eigenvalue weighted by Gasteiger charge is -2.06. The predicted molar refractivity (Wildman–Crippen MR) is 105 cm³/mol. The van der Waals surface area contributed by atoms with Crippen molar-refractivity contribution in [3.05, 3.63) is 53.0 Å². The highest BCUT2D eigenvalue weighted by molar-refractivity contribution is 6.03. The molecule has 2 aromatic heterocycles. The molecule has 2 N–H and O–H groups in total. The zero-order valence-electron chi connectivity index (χ0n) is 16.4. The van der Waals surface area contributed by atoms with E-state index >= 15 is 0 Å². The van der Waals surface area contributed by atoms with Crippen LogP contribution in [-0.2, 0) is 11.8 Å². The monoisotopic (exact) mass is 381 g/mol. The first-order chi connectivity index (χ1) is 13.4. The number of hydrogen-bond donors (Lipinski definition) is 2. The Morgan fingerprint density at radius 1 is 1.21 bits per heavy atom. The molecule has 0 spiro atoms. The molecule has 0 bridgehead atoms. The summed E-state index contributed by atoms with van der Waals surface area (Å²) in [7, 11) is 1.87. The smallest absolute Gasteiger partial charge is 0.338 e. The summed E-state index contributed by atoms with van der Waals surface area (Å²) in [5.41, 5.74) is 4.75. The molecular weight excluding hydrogens is 358 g/mol. The summed E-state index contributed by atoms with van der Waals surface area (Å²) in [5.74, 6) is -0.695. The van der Waals surface area contributed by atoms with Gasteiger partial charge in [-0.15, -0.1) is 0 Å². The molecule has 0 aliphatic carbocycles. The number of ether oxygens (including phenoxy) is 1. The summed E-state index contributed by atoms with van der Waals surface area (Å²) in [4.78, 5) is 24.3. The van der Waals surface area contributed by atoms with Gasteiger partial charge in [0.05, 0.1) is 23.6 Å². The minimum Gasteiger partial charge on any atom is -0.462 e. The Labute approximate surface area is 162 Å². The quantitative estimate of drug-likeness (QED) is 0.638. The average molecular weight is 381 g/mol. The molecule has 1 amide bonds. The van der Waals surface area contributed by atoms with Gasteiger partial charge in [-0.1, -0.05) is 6.92 Å². The number of rotatable bonds is 6. The molecule has 0 fully saturated rings. The second-order valence-electron chi connectivity index (χ2n) is 6.50. The number of carbonyl (C=O) groups is 2. The number of aryl methyl sites for hydroxylation is 2. The molecule has 146 valence electrons. The van der Waals surface area contributed by atoms with E-state index in [2.05, 4.69) is 20.6 Å². The van der Waals surface area contributed by atoms with Crippen LogP contribution >= 0.6 is 0 Å². The van der Waals surface area contributed by atoms with Crippen molar-refractivity contribution in [2.45, 2.75) is 27.2 Å². The molecule has 28 heavy (non-hydrogen) atoms. The molecule has 3 aromatic rings. The lowest BCUT2D eigenvalue weighted by atomic mass is 10.1. The Hall–Kier alpha value is -3.42. The number of carbonyl (C=O) groups excluding carboxylic acids is 2. The Balaban J connectivity index is 1.70. The van der Waals surface area contributed by atoms with Crippen LogP contribution in [0.5, 0.6) is 0 Å². The van der Waals surface area contributed by atoms with Crippen LogP contribution in [0.4, 0.5) is 5.69 Å². The van der Waals surface area contributed by atoms with E-state index in [1.807, 2.05) is 27.8 Å². The molecule has 2 heterocycles. The zero-order valence-corrected chi connectivity index (χ0v) is 16.4. The highest BCUT2D eigenvalue weighted by Crippen LogP contribution is 2.25. The van der Waals surface area contributed by atoms with Crippen molar-refractivity contribution < 1.29 is 14.3 Å². The Morgan fingerprint density at radius 3 is 2.54 bits per heavy atom. The molecular formula is C20H23N5O3. The van der Waals surface area contributed by atoms with Gasteiger partial charge in [-0.25, -0.2) is 4.79 Å². The Kier molecular flexibility index (Phi) is 5.58. The van der Waals surface area contributed by atoms with Crippen LogP contribution in [0.3, 0.4) is 0 Å². The summed E-state index contributed by atoms with van der Waals surface area (Å²) in [6.45, 7) is 6.18. The number of amides is 1. The minimum absolute atomic E-state index is 0.320. The first-order valence-corrected chi connectivity index (χ1v) is 9.05. The summed E-state index contributed by atoms with van der Waals surface area (Å²) in [6.07, 6.45) is 0.768. The van der Waals surface area contributed by atoms with Crippen molar-refractivity contribution in [2.75, 3.05) is 11.9 Å². The maximum Gasteiger partial charge on any atom is 0.338 e. The molecule has 0 aliphatic heterocycles. The van der Waals surface area contributed by atoms with E-state index in [9.17, 15) is 9.59 Å². The molecule has 8 nitrogen and oxygen atoms in total. The fourth-order valence-corrected chi connectivity index (χ4v) is 2.88. The number of anilines is 1. The maximum absolute atomic E-state index is 12.5. The van der Waals surface area contributed by atoms with Gasteiger partial charge in [-0.05, 0) is 50.6 Å². The summed E-state index contributed by atoms with van der Waals surface area (Å²) in [5, 5.41) is 14.2. The molecule has 0 unspecified atom stereocenters. The van der Waals surface area contributed by atoms with Crippen LogP contribution in [0.1, 0.15) is 45.6 Å². The number of hydrogen-bond acceptors (Lipinski definition) is 5. The number of nitrogens with one attached hydrogen (secondary N) is 2. The first-order valence-electron chi connectivity index (χ1n) is 9.05. The van der Waals surface area contributed by atoms with Crippen molar-refractivity contribution in [2.24, 2.45) is 7.05 Å². The van der Waals surface area contributed by atoms with Crippen LogP contribution in [0, 0.1) is 13.8 Å². The lowest BCUT2D eigenvalue weighted by Crippen LogP contribution is -2.12. The van der Waals surface area contributed by atoms with E-state index < -0.39 is 0 Å². The van der Waals surface area contributed by atoms with Gasteiger partial charge in [0.25, 0.3) is 5.91 Å². The highest BCUT2D eigenvalue weighted by atomic mass is 16.5. The van der Waals surface area contributed by atoms with Gasteiger partial charge in [0.15, 0.2) is 0 Å². The lowest BCUT2D eigenvalue weighted by molar-refractivity contribution is 0.0505. The van der Waals surface area contributed by atoms with E-state index in [-0.39, 0.29) is 11.9 Å². The van der Waals surface area contributed by atoms with Crippen LogP contribution in [0.2, 0.25) is 0 Å². The van der Waals surface area contributed by atoms with Gasteiger partial charge in [0, 0.05) is 24.0 Å². The van der Waals surface area contributed by atoms with E-state index in [1.54, 1.807) is 35.0 Å². The Bertz CT molecular complexity index is 1000. The van der Waals surface area contributed by atoms with Crippen molar-refractivity contribution in [3.63, 3.8) is 0 Å². The fourth-order valence-electron chi connectivity index (χ4n) is 2.88. The maximum atomic E-state index is 12.5. The third-order valence-corrected chi connectivity index (χ3v) is 4.40. The summed E-state index contributed by atoms with van der Waals surface area (Å²) < 4.78 is 6.87. The summed E-state index contributed by atoms with van der Waals surface area (Å²) >= 11 is 0. The highest BCUT2D eigenvalue weighted by Gasteiger charge is 2.17. The topological polar surface area (TPSA) is 102 Å². The molecule has 0 radical (unpaired) electrons. The number of aromatic amines is 1. The predicted octanol–water partition coefficient (Wildman–Crippen LogP) is 3.25. The van der Waals surface area contributed by atoms with Crippen LogP contribution < -0.4 is 5.32 Å². The second-order valence-corrected chi connectivity index (χ2v) is 6.50. The van der Waals surface area contributed by atoms with E-state index in [1.165, 1.54) is 0 Å². The molecule has 3 rings (SSSR count). The zero-order chi connectivity index (χ0) is 20.3. The van der Waals surface area contributed by atoms with Gasteiger partial charge < -0.3 is 10.1 Å². The van der Waals surface area contributed by atoms with E-state index in [0.29, 0.717) is 29.2 Å². The van der Waals surface area contributed by atoms with Crippen molar-refractivity contribution >= 4 is 17.6 Å². The van der Waals surface area contributed by atoms with E-state index in [4.69, 9.17) is 4.74 Å². The third-order valence-electron chi connectivity index (χ3n) is 4.40. The summed E-state index contributed by atoms with van der Waals surface area (Å²) in [6, 6.07) is 8.26. The number of H-pyrrole nitrogens is 1. The largest absolute Gasteiger partial charge is 0.462 e. The standard InChI is InChI=1S/C20H23N5O3/c1-5-10-28-20(27)14-6-8-15(9-7-14)21-19(26)17-11-16(22-23-17)18-12(2)24-25(4)13(18)3/h6-9,11H,5,10H2,1-4H3,(H,21,26)(H,22,23). The van der Waals surface area contributed by atoms with Crippen molar-refractivity contribution in [1.29, 1.82) is 0 Å². The van der Waals surface area contributed by atoms with Gasteiger partial charge in [-0.3, -0.25) is 14.6 Å². The molecule has 0 saturated carbocycles. The van der Waals surface area contributed by atoms with Crippen LogP contribution in [0.15, 0.2) is 30.3 Å². The Morgan fingerprint density at radius 2 is 1.93 bits per heavy atom. The molecule has 0 aliphatic rings. The first kappa shape index (κ1) is 19.3. The number of aromatic nitrogens is 4. The number of nitrogens with zero attached hydrogens (tertiary/aromatic N) is 3. The molecule has 8 heteroatoms. The average Bonchev–Trinajstić information content (AvgIpc) is 3.25. The van der Waals surface area contributed by atoms with Crippen molar-refractivity contribution in [3.8, 4) is 11.3 Å². The molecule has 1 aromatic carbocycles. The van der Waals surface area contributed by atoms with Crippen LogP contribution in [-0.4, -0.2) is 38.5 Å². The molecule has 0 atom stereocenters. The number of esters is 1. The van der Waals surface area contributed by atoms with Crippen LogP contribution in [0.25, 0.3) is 11.3 Å². The third kappa shape index (κ3) is 3.95. The normalized spacial score (nSPS) is 10.7. The van der Waals surface area contributed by atoms with Gasteiger partial charge in [-0.2, -0.15) is 10.2 Å². The minimum atomic E-state index is -0.375.